The third-order valence-corrected chi connectivity index (χ3v) is 2.76. The van der Waals surface area contributed by atoms with Gasteiger partial charge in [-0.25, -0.2) is 4.79 Å². The van der Waals surface area contributed by atoms with E-state index in [1.807, 2.05) is 0 Å². The standard InChI is InChI=1S/C9H13N4O6P/c10-3-9(5-14,19-6-20(16,17)18)4-13-2-1-7(11)12-8(13)15/h1-2,14H,4-6H2,(H2,11,12,15)(H2,16,17,18). The first kappa shape index (κ1) is 16.3. The lowest BCUT2D eigenvalue weighted by atomic mass is 10.1. The summed E-state index contributed by atoms with van der Waals surface area (Å²) in [6, 6.07) is 2.89. The Balaban J connectivity index is 3.00. The van der Waals surface area contributed by atoms with E-state index in [-0.39, 0.29) is 5.82 Å². The van der Waals surface area contributed by atoms with Gasteiger partial charge < -0.3 is 25.4 Å². The first-order valence-corrected chi connectivity index (χ1v) is 7.05. The van der Waals surface area contributed by atoms with E-state index in [4.69, 9.17) is 25.5 Å². The van der Waals surface area contributed by atoms with Crippen molar-refractivity contribution in [2.75, 3.05) is 18.7 Å². The number of hydrogen-bond acceptors (Lipinski definition) is 7. The third-order valence-electron chi connectivity index (χ3n) is 2.29. The first-order valence-electron chi connectivity index (χ1n) is 5.25. The summed E-state index contributed by atoms with van der Waals surface area (Å²) in [5, 5.41) is 18.3. The molecule has 0 fully saturated rings. The smallest absolute Gasteiger partial charge is 0.351 e. The summed E-state index contributed by atoms with van der Waals surface area (Å²) in [6.45, 7) is -1.31. The lowest BCUT2D eigenvalue weighted by Crippen LogP contribution is -2.43. The monoisotopic (exact) mass is 304 g/mol. The van der Waals surface area contributed by atoms with Crippen LogP contribution in [0.3, 0.4) is 0 Å². The summed E-state index contributed by atoms with van der Waals surface area (Å²) >= 11 is 0. The SMILES string of the molecule is N#CC(CO)(Cn1ccc(N)nc1=O)OCP(=O)(O)O. The zero-order valence-electron chi connectivity index (χ0n) is 10.2. The largest absolute Gasteiger partial charge is 0.392 e. The summed E-state index contributed by atoms with van der Waals surface area (Å²) in [6.07, 6.45) is 0.172. The van der Waals surface area contributed by atoms with Gasteiger partial charge in [-0.15, -0.1) is 0 Å². The Hall–Kier alpha value is -1.76. The highest BCUT2D eigenvalue weighted by Gasteiger charge is 2.34. The number of anilines is 1. The Kier molecular flexibility index (Phi) is 4.99. The topological polar surface area (TPSA) is 172 Å². The second-order valence-electron chi connectivity index (χ2n) is 3.97. The summed E-state index contributed by atoms with van der Waals surface area (Å²) < 4.78 is 16.5. The van der Waals surface area contributed by atoms with Crippen molar-refractivity contribution in [2.45, 2.75) is 12.1 Å². The molecule has 0 aliphatic carbocycles. The molecule has 1 heterocycles. The molecule has 0 aromatic carbocycles. The molecule has 5 N–H and O–H groups in total. The van der Waals surface area contributed by atoms with E-state index in [2.05, 4.69) is 4.98 Å². The van der Waals surface area contributed by atoms with E-state index in [1.165, 1.54) is 12.3 Å². The van der Waals surface area contributed by atoms with Gasteiger partial charge in [0, 0.05) is 6.20 Å². The van der Waals surface area contributed by atoms with Gasteiger partial charge in [0.15, 0.2) is 11.9 Å². The van der Waals surface area contributed by atoms with Crippen LogP contribution < -0.4 is 11.4 Å². The minimum atomic E-state index is -4.52. The first-order chi connectivity index (χ1) is 9.21. The fraction of sp³-hybridized carbons (Fsp3) is 0.444. The van der Waals surface area contributed by atoms with Crippen molar-refractivity contribution in [1.29, 1.82) is 5.26 Å². The lowest BCUT2D eigenvalue weighted by molar-refractivity contribution is -0.0356. The van der Waals surface area contributed by atoms with E-state index in [1.54, 1.807) is 6.07 Å². The van der Waals surface area contributed by atoms with Gasteiger partial charge in [0.05, 0.1) is 13.2 Å². The zero-order valence-corrected chi connectivity index (χ0v) is 11.1. The van der Waals surface area contributed by atoms with Crippen molar-refractivity contribution in [1.82, 2.24) is 9.55 Å². The Morgan fingerprint density at radius 1 is 1.60 bits per heavy atom. The molecule has 20 heavy (non-hydrogen) atoms. The lowest BCUT2D eigenvalue weighted by Gasteiger charge is -2.25. The normalized spacial score (nSPS) is 14.5. The molecular formula is C9H13N4O6P. The number of hydrogen-bond donors (Lipinski definition) is 4. The molecule has 0 spiro atoms. The van der Waals surface area contributed by atoms with Crippen LogP contribution >= 0.6 is 7.60 Å². The van der Waals surface area contributed by atoms with Crippen LogP contribution in [0.4, 0.5) is 5.82 Å². The number of nitrogens with two attached hydrogens (primary N) is 1. The van der Waals surface area contributed by atoms with Crippen LogP contribution in [0.1, 0.15) is 0 Å². The number of aliphatic hydroxyl groups is 1. The molecule has 0 saturated heterocycles. The van der Waals surface area contributed by atoms with Crippen molar-refractivity contribution in [3.05, 3.63) is 22.7 Å². The highest BCUT2D eigenvalue weighted by molar-refractivity contribution is 7.51. The van der Waals surface area contributed by atoms with Gasteiger partial charge in [-0.05, 0) is 6.07 Å². The molecule has 0 amide bonds. The van der Waals surface area contributed by atoms with E-state index in [0.717, 1.165) is 4.57 Å². The maximum Gasteiger partial charge on any atom is 0.351 e. The summed E-state index contributed by atoms with van der Waals surface area (Å²) in [5.74, 6) is -0.0195. The van der Waals surface area contributed by atoms with Gasteiger partial charge in [0.2, 0.25) is 0 Å². The molecule has 1 rings (SSSR count). The molecule has 0 radical (unpaired) electrons. The minimum absolute atomic E-state index is 0.0195. The van der Waals surface area contributed by atoms with Gasteiger partial charge in [-0.2, -0.15) is 10.2 Å². The average Bonchev–Trinajstić information content (AvgIpc) is 2.36. The maximum atomic E-state index is 11.5. The summed E-state index contributed by atoms with van der Waals surface area (Å²) in [4.78, 5) is 32.4. The second-order valence-corrected chi connectivity index (χ2v) is 5.55. The van der Waals surface area contributed by atoms with Crippen LogP contribution in [0, 0.1) is 11.3 Å². The number of nitrogens with zero attached hydrogens (tertiary/aromatic N) is 3. The van der Waals surface area contributed by atoms with Gasteiger partial charge >= 0.3 is 13.3 Å². The fourth-order valence-electron chi connectivity index (χ4n) is 1.29. The van der Waals surface area contributed by atoms with Crippen LogP contribution in [-0.2, 0) is 15.8 Å². The van der Waals surface area contributed by atoms with Crippen LogP contribution in [0.15, 0.2) is 17.1 Å². The number of aliphatic hydroxyl groups excluding tert-OH is 1. The zero-order chi connectivity index (χ0) is 15.4. The van der Waals surface area contributed by atoms with Gasteiger partial charge in [0.1, 0.15) is 11.9 Å². The minimum Gasteiger partial charge on any atom is -0.392 e. The van der Waals surface area contributed by atoms with Gasteiger partial charge in [0.25, 0.3) is 0 Å². The van der Waals surface area contributed by atoms with E-state index >= 15 is 0 Å². The number of rotatable bonds is 6. The maximum absolute atomic E-state index is 11.5. The Labute approximate surface area is 113 Å². The Morgan fingerprint density at radius 2 is 2.25 bits per heavy atom. The number of ether oxygens (including phenoxy) is 1. The molecule has 0 saturated carbocycles. The molecule has 1 unspecified atom stereocenters. The average molecular weight is 304 g/mol. The van der Waals surface area contributed by atoms with Crippen LogP contribution in [0.5, 0.6) is 0 Å². The van der Waals surface area contributed by atoms with E-state index < -0.39 is 38.4 Å². The highest BCUT2D eigenvalue weighted by atomic mass is 31.2. The van der Waals surface area contributed by atoms with Crippen LogP contribution in [0.2, 0.25) is 0 Å². The van der Waals surface area contributed by atoms with Crippen molar-refractivity contribution >= 4 is 13.4 Å². The molecule has 110 valence electrons. The van der Waals surface area contributed by atoms with Gasteiger partial charge in [-0.3, -0.25) is 9.13 Å². The molecule has 0 aliphatic heterocycles. The van der Waals surface area contributed by atoms with Crippen LogP contribution in [0.25, 0.3) is 0 Å². The summed E-state index contributed by atoms with van der Waals surface area (Å²) in [5.41, 5.74) is 2.55. The highest BCUT2D eigenvalue weighted by Crippen LogP contribution is 2.35. The molecule has 1 atom stereocenters. The number of nitriles is 1. The summed E-state index contributed by atoms with van der Waals surface area (Å²) in [7, 11) is -4.52. The third kappa shape index (κ3) is 4.41. The van der Waals surface area contributed by atoms with Gasteiger partial charge in [-0.1, -0.05) is 0 Å². The van der Waals surface area contributed by atoms with Crippen molar-refractivity contribution < 1.29 is 24.2 Å². The van der Waals surface area contributed by atoms with Crippen molar-refractivity contribution in [2.24, 2.45) is 0 Å². The predicted octanol–water partition coefficient (Wildman–Crippen LogP) is -1.77. The Bertz CT molecular complexity index is 620. The van der Waals surface area contributed by atoms with Crippen LogP contribution in [-0.4, -0.2) is 43.0 Å². The molecular weight excluding hydrogens is 291 g/mol. The van der Waals surface area contributed by atoms with E-state index in [0.29, 0.717) is 0 Å². The quantitative estimate of drug-likeness (QED) is 0.444. The Morgan fingerprint density at radius 3 is 2.70 bits per heavy atom. The molecule has 1 aromatic heterocycles. The fourth-order valence-corrected chi connectivity index (χ4v) is 1.70. The number of nitrogen functional groups attached to an aromatic ring is 1. The van der Waals surface area contributed by atoms with E-state index in [9.17, 15) is 14.5 Å². The second kappa shape index (κ2) is 6.13. The number of aromatic nitrogens is 2. The molecule has 1 aromatic rings. The molecule has 0 aliphatic rings. The molecule has 10 nitrogen and oxygen atoms in total. The molecule has 0 bridgehead atoms. The predicted molar refractivity (Wildman–Crippen MR) is 66.3 cm³/mol. The molecule has 11 heteroatoms. The van der Waals surface area contributed by atoms with Crippen molar-refractivity contribution in [3.63, 3.8) is 0 Å². The van der Waals surface area contributed by atoms with Crippen molar-refractivity contribution in [3.8, 4) is 6.07 Å².